The summed E-state index contributed by atoms with van der Waals surface area (Å²) in [7, 11) is 0. The molecule has 114 valence electrons. The Morgan fingerprint density at radius 2 is 2.10 bits per heavy atom. The Bertz CT molecular complexity index is 359. The molecule has 0 aromatic carbocycles. The van der Waals surface area contributed by atoms with Crippen molar-refractivity contribution in [3.05, 3.63) is 35.9 Å². The van der Waals surface area contributed by atoms with Gasteiger partial charge in [0.05, 0.1) is 26.1 Å². The van der Waals surface area contributed by atoms with Crippen LogP contribution in [-0.2, 0) is 9.47 Å². The van der Waals surface area contributed by atoms with E-state index in [1.54, 1.807) is 19.1 Å². The van der Waals surface area contributed by atoms with Gasteiger partial charge in [-0.3, -0.25) is 4.90 Å². The Kier molecular flexibility index (Phi) is 8.14. The third-order valence-electron chi connectivity index (χ3n) is 2.90. The van der Waals surface area contributed by atoms with E-state index in [4.69, 9.17) is 9.47 Å². The summed E-state index contributed by atoms with van der Waals surface area (Å²) >= 11 is 0. The van der Waals surface area contributed by atoms with Gasteiger partial charge in [0.25, 0.3) is 0 Å². The van der Waals surface area contributed by atoms with Crippen LogP contribution in [0.1, 0.15) is 13.8 Å². The highest BCUT2D eigenvalue weighted by Gasteiger charge is 2.08. The molecule has 0 spiro atoms. The van der Waals surface area contributed by atoms with Gasteiger partial charge >= 0.3 is 0 Å². The van der Waals surface area contributed by atoms with Crippen molar-refractivity contribution in [1.82, 2.24) is 4.90 Å². The van der Waals surface area contributed by atoms with Crippen molar-refractivity contribution < 1.29 is 18.3 Å². The standard InChI is InChI=1S/C15H23F2NO2/c1-13(15(17)12-14(2)16)4-3-8-19-9-5-18-6-10-20-11-7-18/h3-4,8,12,14H,5-7,9-11H2,1-2H3/b8-3+,13-4-,15-12?. The molecule has 3 nitrogen and oxygen atoms in total. The van der Waals surface area contributed by atoms with E-state index in [1.807, 2.05) is 0 Å². The lowest BCUT2D eigenvalue weighted by Crippen LogP contribution is -2.38. The number of alkyl halides is 1. The maximum Gasteiger partial charge on any atom is 0.125 e. The second kappa shape index (κ2) is 9.66. The van der Waals surface area contributed by atoms with E-state index in [-0.39, 0.29) is 0 Å². The molecular formula is C15H23F2NO2. The Labute approximate surface area is 119 Å². The zero-order valence-electron chi connectivity index (χ0n) is 12.1. The van der Waals surface area contributed by atoms with Crippen LogP contribution in [0.15, 0.2) is 35.9 Å². The van der Waals surface area contributed by atoms with Gasteiger partial charge in [0, 0.05) is 19.6 Å². The Hall–Kier alpha value is -1.20. The fraction of sp³-hybridized carbons (Fsp3) is 0.600. The van der Waals surface area contributed by atoms with Gasteiger partial charge in [-0.2, -0.15) is 0 Å². The predicted octanol–water partition coefficient (Wildman–Crippen LogP) is 3.01. The van der Waals surface area contributed by atoms with Crippen LogP contribution in [0.4, 0.5) is 8.78 Å². The molecule has 1 heterocycles. The quantitative estimate of drug-likeness (QED) is 0.408. The van der Waals surface area contributed by atoms with Crippen molar-refractivity contribution in [2.75, 3.05) is 39.5 Å². The van der Waals surface area contributed by atoms with Crippen molar-refractivity contribution in [3.8, 4) is 0 Å². The summed E-state index contributed by atoms with van der Waals surface area (Å²) in [5.74, 6) is -0.544. The van der Waals surface area contributed by atoms with Crippen molar-refractivity contribution in [1.29, 1.82) is 0 Å². The summed E-state index contributed by atoms with van der Waals surface area (Å²) in [6.45, 7) is 7.73. The summed E-state index contributed by atoms with van der Waals surface area (Å²) < 4.78 is 36.5. The Morgan fingerprint density at radius 1 is 1.40 bits per heavy atom. The second-order valence-corrected chi connectivity index (χ2v) is 4.70. The molecule has 0 N–H and O–H groups in total. The van der Waals surface area contributed by atoms with E-state index in [9.17, 15) is 8.78 Å². The van der Waals surface area contributed by atoms with E-state index in [1.165, 1.54) is 13.2 Å². The molecule has 5 heteroatoms. The van der Waals surface area contributed by atoms with Crippen LogP contribution >= 0.6 is 0 Å². The number of morpholine rings is 1. The minimum absolute atomic E-state index is 0.377. The van der Waals surface area contributed by atoms with Crippen LogP contribution in [0.5, 0.6) is 0 Å². The number of rotatable bonds is 7. The van der Waals surface area contributed by atoms with Crippen molar-refractivity contribution in [2.45, 2.75) is 20.0 Å². The number of halogens is 2. The molecule has 0 aliphatic carbocycles. The average Bonchev–Trinajstić information content (AvgIpc) is 2.42. The molecule has 0 bridgehead atoms. The summed E-state index contributed by atoms with van der Waals surface area (Å²) in [5.41, 5.74) is 0.377. The maximum absolute atomic E-state index is 13.3. The third kappa shape index (κ3) is 7.40. The predicted molar refractivity (Wildman–Crippen MR) is 75.9 cm³/mol. The minimum atomic E-state index is -1.29. The summed E-state index contributed by atoms with van der Waals surface area (Å²) in [4.78, 5) is 2.27. The van der Waals surface area contributed by atoms with E-state index in [0.29, 0.717) is 12.2 Å². The van der Waals surface area contributed by atoms with Crippen LogP contribution < -0.4 is 0 Å². The highest BCUT2D eigenvalue weighted by molar-refractivity contribution is 5.27. The van der Waals surface area contributed by atoms with Gasteiger partial charge in [0.1, 0.15) is 12.0 Å². The normalized spacial score (nSPS) is 20.4. The molecule has 1 saturated heterocycles. The van der Waals surface area contributed by atoms with Gasteiger partial charge in [-0.05, 0) is 31.6 Å². The molecular weight excluding hydrogens is 264 g/mol. The molecule has 20 heavy (non-hydrogen) atoms. The molecule has 1 aliphatic rings. The smallest absolute Gasteiger partial charge is 0.125 e. The number of hydrogen-bond acceptors (Lipinski definition) is 3. The lowest BCUT2D eigenvalue weighted by molar-refractivity contribution is 0.0293. The third-order valence-corrected chi connectivity index (χ3v) is 2.90. The second-order valence-electron chi connectivity index (χ2n) is 4.70. The lowest BCUT2D eigenvalue weighted by atomic mass is 10.2. The molecule has 0 aromatic heterocycles. The summed E-state index contributed by atoms with van der Waals surface area (Å²) in [5, 5.41) is 0. The fourth-order valence-electron chi connectivity index (χ4n) is 1.73. The van der Waals surface area contributed by atoms with Gasteiger partial charge in [-0.15, -0.1) is 0 Å². The largest absolute Gasteiger partial charge is 0.500 e. The number of ether oxygens (including phenoxy) is 2. The van der Waals surface area contributed by atoms with Crippen LogP contribution in [0, 0.1) is 0 Å². The van der Waals surface area contributed by atoms with Gasteiger partial charge < -0.3 is 9.47 Å². The molecule has 0 amide bonds. The number of nitrogens with zero attached hydrogens (tertiary/aromatic N) is 1. The highest BCUT2D eigenvalue weighted by atomic mass is 19.1. The van der Waals surface area contributed by atoms with Crippen molar-refractivity contribution in [2.24, 2.45) is 0 Å². The van der Waals surface area contributed by atoms with Crippen LogP contribution in [0.3, 0.4) is 0 Å². The molecule has 0 saturated carbocycles. The molecule has 0 radical (unpaired) electrons. The highest BCUT2D eigenvalue weighted by Crippen LogP contribution is 2.12. The molecule has 1 unspecified atom stereocenters. The SMILES string of the molecule is C/C(=C/C=C/OCCN1CCOCC1)C(F)=CC(C)F. The average molecular weight is 287 g/mol. The Morgan fingerprint density at radius 3 is 2.75 bits per heavy atom. The summed E-state index contributed by atoms with van der Waals surface area (Å²) in [6, 6.07) is 0. The molecule has 1 atom stereocenters. The van der Waals surface area contributed by atoms with E-state index >= 15 is 0 Å². The molecule has 1 rings (SSSR count). The molecule has 0 aromatic rings. The van der Waals surface area contributed by atoms with E-state index in [2.05, 4.69) is 4.90 Å². The minimum Gasteiger partial charge on any atom is -0.500 e. The Balaban J connectivity index is 2.20. The van der Waals surface area contributed by atoms with Crippen LogP contribution in [0.2, 0.25) is 0 Å². The topological polar surface area (TPSA) is 21.7 Å². The zero-order chi connectivity index (χ0) is 14.8. The monoisotopic (exact) mass is 287 g/mol. The fourth-order valence-corrected chi connectivity index (χ4v) is 1.73. The van der Waals surface area contributed by atoms with E-state index in [0.717, 1.165) is 38.9 Å². The van der Waals surface area contributed by atoms with Crippen LogP contribution in [-0.4, -0.2) is 50.5 Å². The van der Waals surface area contributed by atoms with Crippen LogP contribution in [0.25, 0.3) is 0 Å². The first-order chi connectivity index (χ1) is 9.59. The lowest BCUT2D eigenvalue weighted by Gasteiger charge is -2.25. The first-order valence-electron chi connectivity index (χ1n) is 6.86. The number of hydrogen-bond donors (Lipinski definition) is 0. The van der Waals surface area contributed by atoms with Gasteiger partial charge in [0.2, 0.25) is 0 Å². The van der Waals surface area contributed by atoms with E-state index < -0.39 is 12.0 Å². The zero-order valence-corrected chi connectivity index (χ0v) is 12.1. The maximum atomic E-state index is 13.3. The van der Waals surface area contributed by atoms with Crippen molar-refractivity contribution in [3.63, 3.8) is 0 Å². The first kappa shape index (κ1) is 16.9. The molecule has 1 fully saturated rings. The number of allylic oxidation sites excluding steroid dienone is 5. The van der Waals surface area contributed by atoms with Gasteiger partial charge in [-0.25, -0.2) is 8.78 Å². The van der Waals surface area contributed by atoms with Crippen molar-refractivity contribution >= 4 is 0 Å². The van der Waals surface area contributed by atoms with Gasteiger partial charge in [0.15, 0.2) is 0 Å². The van der Waals surface area contributed by atoms with Gasteiger partial charge in [-0.1, -0.05) is 6.08 Å². The molecule has 1 aliphatic heterocycles. The summed E-state index contributed by atoms with van der Waals surface area (Å²) in [6.07, 6.45) is 4.36. The first-order valence-corrected chi connectivity index (χ1v) is 6.86.